The minimum absolute atomic E-state index is 0.107. The van der Waals surface area contributed by atoms with Crippen LogP contribution in [0.4, 0.5) is 0 Å². The van der Waals surface area contributed by atoms with Gasteiger partial charge in [0.15, 0.2) is 0 Å². The molecule has 1 atom stereocenters. The lowest BCUT2D eigenvalue weighted by Crippen LogP contribution is -2.24. The lowest BCUT2D eigenvalue weighted by Gasteiger charge is -2.21. The highest BCUT2D eigenvalue weighted by molar-refractivity contribution is 6.30. The maximum atomic E-state index is 9.18. The molecular formula is C12H13ClN2. The number of hydrogen-bond donors (Lipinski definition) is 0. The quantitative estimate of drug-likeness (QED) is 0.766. The molecule has 3 heteroatoms. The molecule has 0 unspecified atom stereocenters. The van der Waals surface area contributed by atoms with E-state index in [9.17, 15) is 5.26 Å². The summed E-state index contributed by atoms with van der Waals surface area (Å²) in [6.07, 6.45) is 2.40. The molecule has 0 aromatic heterocycles. The lowest BCUT2D eigenvalue weighted by molar-refractivity contribution is 0.294. The number of benzene rings is 1. The van der Waals surface area contributed by atoms with Gasteiger partial charge in [0.2, 0.25) is 0 Å². The van der Waals surface area contributed by atoms with Gasteiger partial charge >= 0.3 is 0 Å². The van der Waals surface area contributed by atoms with Crippen molar-refractivity contribution in [1.82, 2.24) is 4.90 Å². The zero-order valence-corrected chi connectivity index (χ0v) is 9.24. The van der Waals surface area contributed by atoms with Crippen LogP contribution in [-0.2, 0) is 0 Å². The minimum Gasteiger partial charge on any atom is -0.284 e. The molecule has 0 amide bonds. The molecule has 0 aliphatic carbocycles. The van der Waals surface area contributed by atoms with E-state index in [2.05, 4.69) is 11.0 Å². The third-order valence-electron chi connectivity index (χ3n) is 2.81. The van der Waals surface area contributed by atoms with Crippen LogP contribution in [0.3, 0.4) is 0 Å². The summed E-state index contributed by atoms with van der Waals surface area (Å²) in [6.45, 7) is 2.06. The second kappa shape index (κ2) is 4.65. The van der Waals surface area contributed by atoms with Gasteiger partial charge in [0.1, 0.15) is 6.04 Å². The Labute approximate surface area is 95.1 Å². The fourth-order valence-electron chi connectivity index (χ4n) is 2.01. The second-order valence-corrected chi connectivity index (χ2v) is 4.26. The molecule has 1 aromatic rings. The van der Waals surface area contributed by atoms with Crippen molar-refractivity contribution in [3.63, 3.8) is 0 Å². The average Bonchev–Trinajstić information content (AvgIpc) is 2.75. The largest absolute Gasteiger partial charge is 0.284 e. The van der Waals surface area contributed by atoms with E-state index in [4.69, 9.17) is 11.6 Å². The number of likely N-dealkylation sites (tertiary alicyclic amines) is 1. The van der Waals surface area contributed by atoms with Gasteiger partial charge in [-0.05, 0) is 43.6 Å². The van der Waals surface area contributed by atoms with E-state index in [0.29, 0.717) is 0 Å². The third kappa shape index (κ3) is 2.31. The Hall–Kier alpha value is -1.04. The number of nitrogens with zero attached hydrogens (tertiary/aromatic N) is 2. The van der Waals surface area contributed by atoms with Gasteiger partial charge in [-0.15, -0.1) is 0 Å². The van der Waals surface area contributed by atoms with Crippen molar-refractivity contribution in [3.05, 3.63) is 34.9 Å². The number of hydrogen-bond acceptors (Lipinski definition) is 2. The van der Waals surface area contributed by atoms with Crippen LogP contribution in [0.15, 0.2) is 24.3 Å². The third-order valence-corrected chi connectivity index (χ3v) is 3.07. The van der Waals surface area contributed by atoms with Gasteiger partial charge in [-0.2, -0.15) is 5.26 Å². The first kappa shape index (κ1) is 10.5. The lowest BCUT2D eigenvalue weighted by atomic mass is 10.1. The highest BCUT2D eigenvalue weighted by Gasteiger charge is 2.22. The monoisotopic (exact) mass is 220 g/mol. The van der Waals surface area contributed by atoms with Gasteiger partial charge in [0.05, 0.1) is 6.07 Å². The Morgan fingerprint density at radius 1 is 1.20 bits per heavy atom. The first-order valence-corrected chi connectivity index (χ1v) is 5.58. The molecule has 2 rings (SSSR count). The Morgan fingerprint density at radius 2 is 1.80 bits per heavy atom. The molecule has 2 nitrogen and oxygen atoms in total. The van der Waals surface area contributed by atoms with Gasteiger partial charge in [0, 0.05) is 5.02 Å². The fourth-order valence-corrected chi connectivity index (χ4v) is 2.14. The summed E-state index contributed by atoms with van der Waals surface area (Å²) in [6, 6.07) is 9.82. The first-order valence-electron chi connectivity index (χ1n) is 5.20. The highest BCUT2D eigenvalue weighted by Crippen LogP contribution is 2.25. The molecule has 1 heterocycles. The molecule has 1 fully saturated rings. The van der Waals surface area contributed by atoms with E-state index in [1.54, 1.807) is 0 Å². The maximum absolute atomic E-state index is 9.18. The summed E-state index contributed by atoms with van der Waals surface area (Å²) in [7, 11) is 0. The van der Waals surface area contributed by atoms with Gasteiger partial charge in [-0.1, -0.05) is 23.7 Å². The van der Waals surface area contributed by atoms with Crippen LogP contribution >= 0.6 is 11.6 Å². The van der Waals surface area contributed by atoms with Gasteiger partial charge < -0.3 is 0 Å². The Morgan fingerprint density at radius 3 is 2.33 bits per heavy atom. The SMILES string of the molecule is N#C[C@H](c1ccc(Cl)cc1)N1CCCC1. The van der Waals surface area contributed by atoms with Crippen LogP contribution in [-0.4, -0.2) is 18.0 Å². The van der Waals surface area contributed by atoms with Crippen LogP contribution in [0.25, 0.3) is 0 Å². The molecule has 1 aromatic carbocycles. The van der Waals surface area contributed by atoms with Crippen LogP contribution in [0.1, 0.15) is 24.4 Å². The molecule has 0 saturated carbocycles. The predicted octanol–water partition coefficient (Wildman–Crippen LogP) is 3.00. The summed E-state index contributed by atoms with van der Waals surface area (Å²) in [5.41, 5.74) is 1.05. The van der Waals surface area contributed by atoms with E-state index in [1.807, 2.05) is 24.3 Å². The Balaban J connectivity index is 2.19. The van der Waals surface area contributed by atoms with Crippen LogP contribution in [0.2, 0.25) is 5.02 Å². The molecule has 78 valence electrons. The number of rotatable bonds is 2. The standard InChI is InChI=1S/C12H13ClN2/c13-11-5-3-10(4-6-11)12(9-14)15-7-1-2-8-15/h3-6,12H,1-2,7-8H2/t12-/m1/s1. The van der Waals surface area contributed by atoms with E-state index in [0.717, 1.165) is 23.7 Å². The summed E-state index contributed by atoms with van der Waals surface area (Å²) in [5.74, 6) is 0. The Bertz CT molecular complexity index is 360. The van der Waals surface area contributed by atoms with Gasteiger partial charge in [-0.25, -0.2) is 0 Å². The first-order chi connectivity index (χ1) is 7.31. The van der Waals surface area contributed by atoms with Crippen molar-refractivity contribution < 1.29 is 0 Å². The summed E-state index contributed by atoms with van der Waals surface area (Å²) < 4.78 is 0. The van der Waals surface area contributed by atoms with E-state index >= 15 is 0 Å². The van der Waals surface area contributed by atoms with Crippen molar-refractivity contribution in [2.45, 2.75) is 18.9 Å². The van der Waals surface area contributed by atoms with E-state index in [1.165, 1.54) is 12.8 Å². The smallest absolute Gasteiger partial charge is 0.123 e. The molecule has 1 aliphatic rings. The van der Waals surface area contributed by atoms with Crippen molar-refractivity contribution in [3.8, 4) is 6.07 Å². The van der Waals surface area contributed by atoms with Gasteiger partial charge in [-0.3, -0.25) is 4.90 Å². The van der Waals surface area contributed by atoms with Crippen molar-refractivity contribution >= 4 is 11.6 Å². The zero-order chi connectivity index (χ0) is 10.7. The van der Waals surface area contributed by atoms with E-state index in [-0.39, 0.29) is 6.04 Å². The molecule has 1 aliphatic heterocycles. The molecule has 0 radical (unpaired) electrons. The molecule has 0 N–H and O–H groups in total. The van der Waals surface area contributed by atoms with Crippen LogP contribution < -0.4 is 0 Å². The van der Waals surface area contributed by atoms with Crippen molar-refractivity contribution in [2.24, 2.45) is 0 Å². The van der Waals surface area contributed by atoms with Crippen molar-refractivity contribution in [2.75, 3.05) is 13.1 Å². The van der Waals surface area contributed by atoms with Gasteiger partial charge in [0.25, 0.3) is 0 Å². The van der Waals surface area contributed by atoms with Crippen LogP contribution in [0.5, 0.6) is 0 Å². The number of nitriles is 1. The average molecular weight is 221 g/mol. The summed E-state index contributed by atoms with van der Waals surface area (Å²) in [5, 5.41) is 9.90. The topological polar surface area (TPSA) is 27.0 Å². The summed E-state index contributed by atoms with van der Waals surface area (Å²) in [4.78, 5) is 2.23. The summed E-state index contributed by atoms with van der Waals surface area (Å²) >= 11 is 5.82. The van der Waals surface area contributed by atoms with Crippen molar-refractivity contribution in [1.29, 1.82) is 5.26 Å². The minimum atomic E-state index is -0.107. The number of halogens is 1. The zero-order valence-electron chi connectivity index (χ0n) is 8.49. The molecule has 15 heavy (non-hydrogen) atoms. The van der Waals surface area contributed by atoms with Crippen LogP contribution in [0, 0.1) is 11.3 Å². The maximum Gasteiger partial charge on any atom is 0.123 e. The Kier molecular flexibility index (Phi) is 3.25. The van der Waals surface area contributed by atoms with E-state index < -0.39 is 0 Å². The fraction of sp³-hybridized carbons (Fsp3) is 0.417. The molecule has 0 bridgehead atoms. The molecular weight excluding hydrogens is 208 g/mol. The molecule has 1 saturated heterocycles. The molecule has 0 spiro atoms. The predicted molar refractivity (Wildman–Crippen MR) is 60.6 cm³/mol. The normalized spacial score (nSPS) is 18.7. The second-order valence-electron chi connectivity index (χ2n) is 3.83. The highest BCUT2D eigenvalue weighted by atomic mass is 35.5.